The van der Waals surface area contributed by atoms with Gasteiger partial charge in [0.15, 0.2) is 6.29 Å². The molecule has 1 aliphatic heterocycles. The third-order valence-corrected chi connectivity index (χ3v) is 3.57. The van der Waals surface area contributed by atoms with E-state index in [0.717, 1.165) is 37.0 Å². The molecule has 1 saturated heterocycles. The van der Waals surface area contributed by atoms with Gasteiger partial charge in [0.05, 0.1) is 5.69 Å². The first kappa shape index (κ1) is 9.58. The van der Waals surface area contributed by atoms with E-state index in [2.05, 4.69) is 16.5 Å². The number of fused-ring (bicyclic) bond motifs is 1. The van der Waals surface area contributed by atoms with Crippen molar-refractivity contribution in [3.8, 4) is 0 Å². The van der Waals surface area contributed by atoms with Gasteiger partial charge in [-0.15, -0.1) is 0 Å². The number of carbonyl (C=O) groups is 1. The predicted molar refractivity (Wildman–Crippen MR) is 63.5 cm³/mol. The molecular formula is C13H14N2O. The van der Waals surface area contributed by atoms with Crippen LogP contribution in [-0.2, 0) is 0 Å². The van der Waals surface area contributed by atoms with Gasteiger partial charge in [-0.2, -0.15) is 0 Å². The molecule has 0 spiro atoms. The van der Waals surface area contributed by atoms with E-state index < -0.39 is 0 Å². The molecule has 0 amide bonds. The molecule has 2 aliphatic rings. The van der Waals surface area contributed by atoms with E-state index in [9.17, 15) is 4.79 Å². The number of aldehydes is 1. The van der Waals surface area contributed by atoms with Gasteiger partial charge in [0, 0.05) is 18.7 Å². The Morgan fingerprint density at radius 2 is 2.12 bits per heavy atom. The van der Waals surface area contributed by atoms with Gasteiger partial charge in [-0.3, -0.25) is 4.79 Å². The molecule has 2 heterocycles. The summed E-state index contributed by atoms with van der Waals surface area (Å²) in [6.07, 6.45) is 3.86. The average Bonchev–Trinajstić information content (AvgIpc) is 2.95. The summed E-state index contributed by atoms with van der Waals surface area (Å²) in [4.78, 5) is 17.6. The third kappa shape index (κ3) is 1.43. The smallest absolute Gasteiger partial charge is 0.152 e. The topological polar surface area (TPSA) is 33.2 Å². The quantitative estimate of drug-likeness (QED) is 0.721. The Hall–Kier alpha value is -1.64. The maximum Gasteiger partial charge on any atom is 0.152 e. The lowest BCUT2D eigenvalue weighted by molar-refractivity contribution is 0.112. The van der Waals surface area contributed by atoms with Crippen molar-refractivity contribution >= 4 is 18.2 Å². The van der Waals surface area contributed by atoms with Crippen molar-refractivity contribution in [3.63, 3.8) is 0 Å². The molecule has 0 aromatic carbocycles. The zero-order valence-corrected chi connectivity index (χ0v) is 9.10. The lowest BCUT2D eigenvalue weighted by atomic mass is 10.2. The molecule has 1 aromatic heterocycles. The lowest BCUT2D eigenvalue weighted by Gasteiger charge is -2.19. The van der Waals surface area contributed by atoms with E-state index in [1.165, 1.54) is 6.42 Å². The molecule has 3 nitrogen and oxygen atoms in total. The van der Waals surface area contributed by atoms with E-state index in [4.69, 9.17) is 0 Å². The normalized spacial score (nSPS) is 26.4. The van der Waals surface area contributed by atoms with E-state index in [-0.39, 0.29) is 0 Å². The number of hydrogen-bond donors (Lipinski definition) is 0. The van der Waals surface area contributed by atoms with Crippen molar-refractivity contribution in [1.29, 1.82) is 0 Å². The molecule has 1 saturated carbocycles. The number of carbonyl (C=O) groups excluding carboxylic acids is 1. The summed E-state index contributed by atoms with van der Waals surface area (Å²) in [5, 5.41) is 0. The highest BCUT2D eigenvalue weighted by Crippen LogP contribution is 2.45. The van der Waals surface area contributed by atoms with Crippen LogP contribution in [0.1, 0.15) is 22.5 Å². The first-order valence-corrected chi connectivity index (χ1v) is 5.65. The minimum Gasteiger partial charge on any atom is -0.356 e. The second-order valence-corrected chi connectivity index (χ2v) is 4.63. The Kier molecular flexibility index (Phi) is 2.06. The predicted octanol–water partition coefficient (Wildman–Crippen LogP) is 1.99. The summed E-state index contributed by atoms with van der Waals surface area (Å²) in [5.74, 6) is 2.76. The van der Waals surface area contributed by atoms with Crippen molar-refractivity contribution in [2.75, 3.05) is 18.0 Å². The first-order chi connectivity index (χ1) is 7.81. The van der Waals surface area contributed by atoms with Crippen LogP contribution in [0.2, 0.25) is 0 Å². The van der Waals surface area contributed by atoms with Gasteiger partial charge < -0.3 is 4.90 Å². The molecule has 82 valence electrons. The lowest BCUT2D eigenvalue weighted by Crippen LogP contribution is -2.23. The number of pyridine rings is 1. The number of nitrogens with zero attached hydrogens (tertiary/aromatic N) is 2. The Bertz CT molecular complexity index is 445. The molecule has 0 bridgehead atoms. The third-order valence-electron chi connectivity index (χ3n) is 3.57. The molecule has 2 atom stereocenters. The SMILES string of the molecule is C=Cc1nc(N2CC3CC3C2)ccc1C=O. The summed E-state index contributed by atoms with van der Waals surface area (Å²) in [6, 6.07) is 3.76. The Morgan fingerprint density at radius 1 is 1.38 bits per heavy atom. The summed E-state index contributed by atoms with van der Waals surface area (Å²) in [7, 11) is 0. The fraction of sp³-hybridized carbons (Fsp3) is 0.385. The summed E-state index contributed by atoms with van der Waals surface area (Å²) in [6.45, 7) is 5.93. The maximum absolute atomic E-state index is 10.8. The van der Waals surface area contributed by atoms with E-state index in [1.807, 2.05) is 12.1 Å². The van der Waals surface area contributed by atoms with Crippen LogP contribution in [0, 0.1) is 11.8 Å². The number of rotatable bonds is 3. The molecule has 2 fully saturated rings. The standard InChI is InChI=1S/C13H14N2O/c1-2-12-9(8-16)3-4-13(14-12)15-6-10-5-11(10)7-15/h2-4,8,10-11H,1,5-7H2. The second kappa shape index (κ2) is 3.44. The number of piperidine rings is 1. The van der Waals surface area contributed by atoms with E-state index in [1.54, 1.807) is 6.08 Å². The highest BCUT2D eigenvalue weighted by atomic mass is 16.1. The van der Waals surface area contributed by atoms with Crippen LogP contribution in [0.4, 0.5) is 5.82 Å². The summed E-state index contributed by atoms with van der Waals surface area (Å²) >= 11 is 0. The Balaban J connectivity index is 1.90. The zero-order chi connectivity index (χ0) is 11.1. The summed E-state index contributed by atoms with van der Waals surface area (Å²) in [5.41, 5.74) is 1.30. The van der Waals surface area contributed by atoms with Gasteiger partial charge in [-0.05, 0) is 36.5 Å². The minimum atomic E-state index is 0.614. The first-order valence-electron chi connectivity index (χ1n) is 5.65. The van der Waals surface area contributed by atoms with Crippen LogP contribution in [0.15, 0.2) is 18.7 Å². The molecule has 1 aromatic rings. The van der Waals surface area contributed by atoms with Crippen LogP contribution in [0.3, 0.4) is 0 Å². The fourth-order valence-corrected chi connectivity index (χ4v) is 2.50. The monoisotopic (exact) mass is 214 g/mol. The molecule has 3 heteroatoms. The van der Waals surface area contributed by atoms with Crippen LogP contribution < -0.4 is 4.90 Å². The highest BCUT2D eigenvalue weighted by Gasteiger charge is 2.45. The molecule has 1 aliphatic carbocycles. The zero-order valence-electron chi connectivity index (χ0n) is 9.10. The molecule has 0 N–H and O–H groups in total. The van der Waals surface area contributed by atoms with Crippen LogP contribution >= 0.6 is 0 Å². The van der Waals surface area contributed by atoms with Crippen molar-refractivity contribution < 1.29 is 4.79 Å². The number of aromatic nitrogens is 1. The van der Waals surface area contributed by atoms with Gasteiger partial charge in [-0.25, -0.2) is 4.98 Å². The van der Waals surface area contributed by atoms with Crippen LogP contribution in [0.25, 0.3) is 6.08 Å². The number of anilines is 1. The molecule has 3 rings (SSSR count). The highest BCUT2D eigenvalue weighted by molar-refractivity contribution is 5.81. The molecular weight excluding hydrogens is 200 g/mol. The average molecular weight is 214 g/mol. The largest absolute Gasteiger partial charge is 0.356 e. The van der Waals surface area contributed by atoms with Gasteiger partial charge >= 0.3 is 0 Å². The Morgan fingerprint density at radius 3 is 2.75 bits per heavy atom. The van der Waals surface area contributed by atoms with Crippen molar-refractivity contribution in [2.24, 2.45) is 11.8 Å². The van der Waals surface area contributed by atoms with Crippen molar-refractivity contribution in [3.05, 3.63) is 30.0 Å². The van der Waals surface area contributed by atoms with Gasteiger partial charge in [-0.1, -0.05) is 6.58 Å². The van der Waals surface area contributed by atoms with Crippen LogP contribution in [0.5, 0.6) is 0 Å². The summed E-state index contributed by atoms with van der Waals surface area (Å²) < 4.78 is 0. The van der Waals surface area contributed by atoms with Gasteiger partial charge in [0.2, 0.25) is 0 Å². The van der Waals surface area contributed by atoms with Gasteiger partial charge in [0.1, 0.15) is 5.82 Å². The van der Waals surface area contributed by atoms with Crippen LogP contribution in [-0.4, -0.2) is 24.4 Å². The maximum atomic E-state index is 10.8. The molecule has 16 heavy (non-hydrogen) atoms. The van der Waals surface area contributed by atoms with Gasteiger partial charge in [0.25, 0.3) is 0 Å². The molecule has 0 radical (unpaired) electrons. The second-order valence-electron chi connectivity index (χ2n) is 4.63. The minimum absolute atomic E-state index is 0.614. The molecule has 2 unspecified atom stereocenters. The van der Waals surface area contributed by atoms with E-state index in [0.29, 0.717) is 11.3 Å². The van der Waals surface area contributed by atoms with E-state index >= 15 is 0 Å². The fourth-order valence-electron chi connectivity index (χ4n) is 2.50. The Labute approximate surface area is 94.8 Å². The number of hydrogen-bond acceptors (Lipinski definition) is 3. The van der Waals surface area contributed by atoms with Crippen molar-refractivity contribution in [1.82, 2.24) is 4.98 Å². The van der Waals surface area contributed by atoms with Crippen molar-refractivity contribution in [2.45, 2.75) is 6.42 Å².